The standard InChI is InChI=1S/C17H33N3O/c1-16(2,3)14-8-11-20(12-14)10-7-13-6-5-9-17(13,19-4)15(18)21/h13-14,19H,5-12H2,1-4H3,(H2,18,21). The van der Waals surface area contributed by atoms with E-state index in [4.69, 9.17) is 5.73 Å². The number of nitrogens with zero attached hydrogens (tertiary/aromatic N) is 1. The fraction of sp³-hybridized carbons (Fsp3) is 0.941. The molecule has 1 aliphatic heterocycles. The molecule has 4 heteroatoms. The summed E-state index contributed by atoms with van der Waals surface area (Å²) in [4.78, 5) is 14.5. The van der Waals surface area contributed by atoms with Crippen molar-refractivity contribution in [1.29, 1.82) is 0 Å². The zero-order chi connectivity index (χ0) is 15.7. The molecule has 0 bridgehead atoms. The number of amides is 1. The molecule has 1 saturated heterocycles. The second-order valence-electron chi connectivity index (χ2n) is 8.12. The average molecular weight is 295 g/mol. The Kier molecular flexibility index (Phi) is 4.99. The molecule has 3 atom stereocenters. The van der Waals surface area contributed by atoms with E-state index in [1.165, 1.54) is 19.5 Å². The first-order valence-corrected chi connectivity index (χ1v) is 8.51. The fourth-order valence-electron chi connectivity index (χ4n) is 4.33. The predicted octanol–water partition coefficient (Wildman–Crippen LogP) is 1.99. The number of primary amides is 1. The molecule has 0 radical (unpaired) electrons. The topological polar surface area (TPSA) is 58.4 Å². The van der Waals surface area contributed by atoms with Gasteiger partial charge in [-0.15, -0.1) is 0 Å². The number of nitrogens with one attached hydrogen (secondary N) is 1. The maximum atomic E-state index is 11.9. The summed E-state index contributed by atoms with van der Waals surface area (Å²) in [6.45, 7) is 10.6. The number of hydrogen-bond acceptors (Lipinski definition) is 3. The first kappa shape index (κ1) is 16.8. The lowest BCUT2D eigenvalue weighted by molar-refractivity contribution is -0.125. The first-order chi connectivity index (χ1) is 9.79. The minimum atomic E-state index is -0.455. The van der Waals surface area contributed by atoms with Crippen LogP contribution in [0.5, 0.6) is 0 Å². The van der Waals surface area contributed by atoms with E-state index >= 15 is 0 Å². The molecule has 3 N–H and O–H groups in total. The summed E-state index contributed by atoms with van der Waals surface area (Å²) in [7, 11) is 1.88. The minimum Gasteiger partial charge on any atom is -0.368 e. The number of nitrogens with two attached hydrogens (primary N) is 1. The van der Waals surface area contributed by atoms with Gasteiger partial charge in [-0.05, 0) is 63.1 Å². The monoisotopic (exact) mass is 295 g/mol. The van der Waals surface area contributed by atoms with Gasteiger partial charge in [-0.1, -0.05) is 27.2 Å². The van der Waals surface area contributed by atoms with Crippen molar-refractivity contribution in [2.24, 2.45) is 23.0 Å². The molecule has 2 fully saturated rings. The van der Waals surface area contributed by atoms with Gasteiger partial charge in [0.05, 0.1) is 0 Å². The van der Waals surface area contributed by atoms with Gasteiger partial charge in [-0.3, -0.25) is 4.79 Å². The summed E-state index contributed by atoms with van der Waals surface area (Å²) >= 11 is 0. The zero-order valence-corrected chi connectivity index (χ0v) is 14.2. The van der Waals surface area contributed by atoms with E-state index in [1.807, 2.05) is 7.05 Å². The molecular formula is C17H33N3O. The normalized spacial score (nSPS) is 34.5. The third kappa shape index (κ3) is 3.42. The largest absolute Gasteiger partial charge is 0.368 e. The van der Waals surface area contributed by atoms with Gasteiger partial charge in [0, 0.05) is 6.54 Å². The minimum absolute atomic E-state index is 0.165. The van der Waals surface area contributed by atoms with Crippen molar-refractivity contribution in [3.8, 4) is 0 Å². The summed E-state index contributed by atoms with van der Waals surface area (Å²) in [5.74, 6) is 1.03. The number of hydrogen-bond donors (Lipinski definition) is 2. The number of carbonyl (C=O) groups is 1. The van der Waals surface area contributed by atoms with Crippen LogP contribution in [0.4, 0.5) is 0 Å². The molecular weight excluding hydrogens is 262 g/mol. The molecule has 1 amide bonds. The predicted molar refractivity (Wildman–Crippen MR) is 86.9 cm³/mol. The highest BCUT2D eigenvalue weighted by Crippen LogP contribution is 2.39. The van der Waals surface area contributed by atoms with Gasteiger partial charge in [0.2, 0.25) is 5.91 Å². The molecule has 1 heterocycles. The molecule has 3 unspecified atom stereocenters. The fourth-order valence-corrected chi connectivity index (χ4v) is 4.33. The van der Waals surface area contributed by atoms with Crippen molar-refractivity contribution in [2.75, 3.05) is 26.7 Å². The van der Waals surface area contributed by atoms with E-state index in [9.17, 15) is 4.79 Å². The molecule has 1 aliphatic carbocycles. The molecule has 2 rings (SSSR count). The van der Waals surface area contributed by atoms with Gasteiger partial charge in [-0.25, -0.2) is 0 Å². The SMILES string of the molecule is CNC1(C(N)=O)CCCC1CCN1CCC(C(C)(C)C)C1. The molecule has 0 spiro atoms. The van der Waals surface area contributed by atoms with Gasteiger partial charge in [-0.2, -0.15) is 0 Å². The zero-order valence-electron chi connectivity index (χ0n) is 14.2. The van der Waals surface area contributed by atoms with Crippen LogP contribution in [0.2, 0.25) is 0 Å². The van der Waals surface area contributed by atoms with E-state index < -0.39 is 5.54 Å². The van der Waals surface area contributed by atoms with Crippen LogP contribution in [0, 0.1) is 17.3 Å². The van der Waals surface area contributed by atoms with Crippen LogP contribution in [0.3, 0.4) is 0 Å². The maximum Gasteiger partial charge on any atom is 0.238 e. The van der Waals surface area contributed by atoms with E-state index in [2.05, 4.69) is 31.0 Å². The van der Waals surface area contributed by atoms with Crippen molar-refractivity contribution >= 4 is 5.91 Å². The maximum absolute atomic E-state index is 11.9. The van der Waals surface area contributed by atoms with Crippen molar-refractivity contribution in [2.45, 2.75) is 58.4 Å². The van der Waals surface area contributed by atoms with Crippen LogP contribution in [0.1, 0.15) is 52.9 Å². The smallest absolute Gasteiger partial charge is 0.238 e. The highest BCUT2D eigenvalue weighted by Gasteiger charge is 2.46. The van der Waals surface area contributed by atoms with Gasteiger partial charge < -0.3 is 16.0 Å². The second-order valence-corrected chi connectivity index (χ2v) is 8.12. The Morgan fingerprint density at radius 3 is 2.62 bits per heavy atom. The lowest BCUT2D eigenvalue weighted by atomic mass is 9.80. The Balaban J connectivity index is 1.88. The lowest BCUT2D eigenvalue weighted by Crippen LogP contribution is -2.56. The van der Waals surface area contributed by atoms with Crippen molar-refractivity contribution < 1.29 is 4.79 Å². The number of rotatable bonds is 5. The Labute approximate surface area is 129 Å². The third-order valence-corrected chi connectivity index (χ3v) is 6.00. The summed E-state index contributed by atoms with van der Waals surface area (Å²) in [5.41, 5.74) is 5.63. The molecule has 0 aromatic heterocycles. The molecule has 1 saturated carbocycles. The van der Waals surface area contributed by atoms with Crippen molar-refractivity contribution in [3.05, 3.63) is 0 Å². The summed E-state index contributed by atoms with van der Waals surface area (Å²) in [5, 5.41) is 3.24. The lowest BCUT2D eigenvalue weighted by Gasteiger charge is -2.33. The Hall–Kier alpha value is -0.610. The highest BCUT2D eigenvalue weighted by molar-refractivity contribution is 5.85. The average Bonchev–Trinajstić information content (AvgIpc) is 3.02. The van der Waals surface area contributed by atoms with Gasteiger partial charge in [0.15, 0.2) is 0 Å². The number of carbonyl (C=O) groups excluding carboxylic acids is 1. The molecule has 122 valence electrons. The van der Waals surface area contributed by atoms with E-state index in [0.717, 1.165) is 38.1 Å². The third-order valence-electron chi connectivity index (χ3n) is 6.00. The first-order valence-electron chi connectivity index (χ1n) is 8.51. The van der Waals surface area contributed by atoms with Crippen LogP contribution in [-0.4, -0.2) is 43.0 Å². The molecule has 2 aliphatic rings. The quantitative estimate of drug-likeness (QED) is 0.815. The molecule has 0 aromatic carbocycles. The van der Waals surface area contributed by atoms with Gasteiger partial charge in [0.1, 0.15) is 5.54 Å². The van der Waals surface area contributed by atoms with Gasteiger partial charge in [0.25, 0.3) is 0 Å². The number of likely N-dealkylation sites (tertiary alicyclic amines) is 1. The Morgan fingerprint density at radius 2 is 2.10 bits per heavy atom. The summed E-state index contributed by atoms with van der Waals surface area (Å²) < 4.78 is 0. The van der Waals surface area contributed by atoms with Crippen molar-refractivity contribution in [3.63, 3.8) is 0 Å². The summed E-state index contributed by atoms with van der Waals surface area (Å²) in [6.07, 6.45) is 5.52. The van der Waals surface area contributed by atoms with E-state index in [0.29, 0.717) is 11.3 Å². The molecule has 0 aromatic rings. The Morgan fingerprint density at radius 1 is 1.38 bits per heavy atom. The number of likely N-dealkylation sites (N-methyl/N-ethyl adjacent to an activating group) is 1. The second kappa shape index (κ2) is 6.25. The van der Waals surface area contributed by atoms with Crippen LogP contribution >= 0.6 is 0 Å². The van der Waals surface area contributed by atoms with E-state index in [1.54, 1.807) is 0 Å². The summed E-state index contributed by atoms with van der Waals surface area (Å²) in [6, 6.07) is 0. The van der Waals surface area contributed by atoms with Crippen molar-refractivity contribution in [1.82, 2.24) is 10.2 Å². The Bertz CT molecular complexity index is 377. The van der Waals surface area contributed by atoms with Crippen LogP contribution < -0.4 is 11.1 Å². The van der Waals surface area contributed by atoms with E-state index in [-0.39, 0.29) is 5.91 Å². The highest BCUT2D eigenvalue weighted by atomic mass is 16.1. The molecule has 4 nitrogen and oxygen atoms in total. The van der Waals surface area contributed by atoms with Crippen LogP contribution in [0.25, 0.3) is 0 Å². The molecule has 21 heavy (non-hydrogen) atoms. The van der Waals surface area contributed by atoms with Crippen LogP contribution in [-0.2, 0) is 4.79 Å². The van der Waals surface area contributed by atoms with Gasteiger partial charge >= 0.3 is 0 Å². The van der Waals surface area contributed by atoms with Crippen LogP contribution in [0.15, 0.2) is 0 Å².